The van der Waals surface area contributed by atoms with E-state index >= 15 is 0 Å². The quantitative estimate of drug-likeness (QED) is 0.538. The van der Waals surface area contributed by atoms with Crippen molar-refractivity contribution in [1.82, 2.24) is 0 Å². The molecular formula is C14H26O. The average Bonchev–Trinajstić information content (AvgIpc) is 2.17. The van der Waals surface area contributed by atoms with Crippen LogP contribution in [0.4, 0.5) is 0 Å². The number of allylic oxidation sites excluding steroid dienone is 2. The number of hydrogen-bond donors (Lipinski definition) is 0. The van der Waals surface area contributed by atoms with Gasteiger partial charge in [-0.1, -0.05) is 31.9 Å². The van der Waals surface area contributed by atoms with Crippen LogP contribution >= 0.6 is 0 Å². The van der Waals surface area contributed by atoms with Gasteiger partial charge < -0.3 is 0 Å². The molecule has 0 aromatic carbocycles. The molecule has 0 aromatic heterocycles. The van der Waals surface area contributed by atoms with Crippen LogP contribution in [0.2, 0.25) is 0 Å². The maximum absolute atomic E-state index is 11.1. The number of rotatable bonds is 8. The lowest BCUT2D eigenvalue weighted by Gasteiger charge is -2.09. The molecule has 0 aliphatic rings. The number of ketones is 1. The van der Waals surface area contributed by atoms with Crippen LogP contribution in [0, 0.1) is 5.92 Å². The second kappa shape index (κ2) is 8.70. The average molecular weight is 210 g/mol. The smallest absolute Gasteiger partial charge is 0.132 e. The molecule has 0 amide bonds. The zero-order valence-corrected chi connectivity index (χ0v) is 10.8. The highest BCUT2D eigenvalue weighted by molar-refractivity contribution is 5.77. The molecule has 0 aliphatic heterocycles. The lowest BCUT2D eigenvalue weighted by atomic mass is 9.97. The Labute approximate surface area is 95.0 Å². The minimum Gasteiger partial charge on any atom is -0.300 e. The topological polar surface area (TPSA) is 17.1 Å². The Morgan fingerprint density at radius 3 is 2.47 bits per heavy atom. The predicted octanol–water partition coefficient (Wildman–Crippen LogP) is 4.52. The van der Waals surface area contributed by atoms with Crippen LogP contribution in [0.5, 0.6) is 0 Å². The molecular weight excluding hydrogens is 184 g/mol. The molecule has 0 bridgehead atoms. The highest BCUT2D eigenvalue weighted by Gasteiger charge is 2.03. The fraction of sp³-hybridized carbons (Fsp3) is 0.786. The van der Waals surface area contributed by atoms with Gasteiger partial charge >= 0.3 is 0 Å². The third kappa shape index (κ3) is 9.71. The Hall–Kier alpha value is -0.590. The molecule has 88 valence electrons. The lowest BCUT2D eigenvalue weighted by Crippen LogP contribution is -1.99. The van der Waals surface area contributed by atoms with Crippen LogP contribution in [-0.2, 0) is 4.79 Å². The summed E-state index contributed by atoms with van der Waals surface area (Å²) in [5, 5.41) is 0. The van der Waals surface area contributed by atoms with Crippen LogP contribution in [0.3, 0.4) is 0 Å². The van der Waals surface area contributed by atoms with E-state index in [2.05, 4.69) is 26.8 Å². The number of Topliss-reactive ketones (excluding diaryl/α,β-unsaturated/α-hetero) is 1. The number of hydrogen-bond acceptors (Lipinski definition) is 1. The molecule has 0 radical (unpaired) electrons. The summed E-state index contributed by atoms with van der Waals surface area (Å²) in [6.45, 7) is 8.52. The summed E-state index contributed by atoms with van der Waals surface area (Å²) in [7, 11) is 0. The molecule has 15 heavy (non-hydrogen) atoms. The fourth-order valence-corrected chi connectivity index (χ4v) is 1.63. The first-order valence-corrected chi connectivity index (χ1v) is 6.21. The van der Waals surface area contributed by atoms with Gasteiger partial charge in [0.05, 0.1) is 0 Å². The summed E-state index contributed by atoms with van der Waals surface area (Å²) in [4.78, 5) is 11.1. The number of carbonyl (C=O) groups is 1. The van der Waals surface area contributed by atoms with E-state index in [9.17, 15) is 4.79 Å². The summed E-state index contributed by atoms with van der Waals surface area (Å²) >= 11 is 0. The number of carbonyl (C=O) groups excluding carboxylic acids is 1. The van der Waals surface area contributed by atoms with Crippen LogP contribution in [0.15, 0.2) is 11.6 Å². The molecule has 0 saturated carbocycles. The van der Waals surface area contributed by atoms with Crippen molar-refractivity contribution in [3.8, 4) is 0 Å². The third-order valence-electron chi connectivity index (χ3n) is 2.76. The van der Waals surface area contributed by atoms with E-state index in [0.29, 0.717) is 12.2 Å². The zero-order valence-electron chi connectivity index (χ0n) is 10.8. The Balaban J connectivity index is 3.45. The molecule has 0 saturated heterocycles. The van der Waals surface area contributed by atoms with Crippen molar-refractivity contribution in [3.63, 3.8) is 0 Å². The first kappa shape index (κ1) is 14.4. The Morgan fingerprint density at radius 1 is 1.27 bits per heavy atom. The van der Waals surface area contributed by atoms with E-state index in [0.717, 1.165) is 18.8 Å². The van der Waals surface area contributed by atoms with Crippen molar-refractivity contribution in [2.24, 2.45) is 5.92 Å². The van der Waals surface area contributed by atoms with E-state index in [1.54, 1.807) is 0 Å². The van der Waals surface area contributed by atoms with Crippen molar-refractivity contribution in [1.29, 1.82) is 0 Å². The molecule has 0 spiro atoms. The van der Waals surface area contributed by atoms with E-state index in [1.165, 1.54) is 24.8 Å². The summed E-state index contributed by atoms with van der Waals surface area (Å²) in [6, 6.07) is 0. The second-order valence-electron chi connectivity index (χ2n) is 4.75. The van der Waals surface area contributed by atoms with Gasteiger partial charge in [0.1, 0.15) is 5.78 Å². The maximum Gasteiger partial charge on any atom is 0.132 e. The van der Waals surface area contributed by atoms with Gasteiger partial charge in [-0.05, 0) is 39.0 Å². The van der Waals surface area contributed by atoms with Gasteiger partial charge in [0, 0.05) is 12.8 Å². The molecule has 1 atom stereocenters. The third-order valence-corrected chi connectivity index (χ3v) is 2.76. The van der Waals surface area contributed by atoms with E-state index in [1.807, 2.05) is 6.92 Å². The van der Waals surface area contributed by atoms with Crippen molar-refractivity contribution in [2.75, 3.05) is 0 Å². The summed E-state index contributed by atoms with van der Waals surface area (Å²) < 4.78 is 0. The van der Waals surface area contributed by atoms with Crippen molar-refractivity contribution < 1.29 is 4.79 Å². The largest absolute Gasteiger partial charge is 0.300 e. The monoisotopic (exact) mass is 210 g/mol. The van der Waals surface area contributed by atoms with E-state index in [-0.39, 0.29) is 0 Å². The molecule has 1 nitrogen and oxygen atoms in total. The molecule has 0 heterocycles. The van der Waals surface area contributed by atoms with Gasteiger partial charge in [0.25, 0.3) is 0 Å². The van der Waals surface area contributed by atoms with Crippen LogP contribution in [0.25, 0.3) is 0 Å². The highest BCUT2D eigenvalue weighted by Crippen LogP contribution is 2.15. The second-order valence-corrected chi connectivity index (χ2v) is 4.75. The first-order chi connectivity index (χ1) is 7.06. The van der Waals surface area contributed by atoms with Gasteiger partial charge in [-0.2, -0.15) is 0 Å². The highest BCUT2D eigenvalue weighted by atomic mass is 16.1. The van der Waals surface area contributed by atoms with Crippen molar-refractivity contribution in [2.45, 2.75) is 66.2 Å². The molecule has 0 N–H and O–H groups in total. The van der Waals surface area contributed by atoms with Crippen LogP contribution < -0.4 is 0 Å². The lowest BCUT2D eigenvalue weighted by molar-refractivity contribution is -0.118. The normalized spacial score (nSPS) is 12.3. The molecule has 0 aromatic rings. The Kier molecular flexibility index (Phi) is 8.35. The van der Waals surface area contributed by atoms with Crippen LogP contribution in [0.1, 0.15) is 66.2 Å². The van der Waals surface area contributed by atoms with Gasteiger partial charge in [-0.3, -0.25) is 4.79 Å². The first-order valence-electron chi connectivity index (χ1n) is 6.21. The van der Waals surface area contributed by atoms with Gasteiger partial charge in [-0.25, -0.2) is 0 Å². The maximum atomic E-state index is 11.1. The molecule has 0 fully saturated rings. The molecule has 0 unspecified atom stereocenters. The van der Waals surface area contributed by atoms with Gasteiger partial charge in [0.15, 0.2) is 0 Å². The van der Waals surface area contributed by atoms with Crippen LogP contribution in [-0.4, -0.2) is 5.78 Å². The molecule has 0 rings (SSSR count). The van der Waals surface area contributed by atoms with Gasteiger partial charge in [-0.15, -0.1) is 0 Å². The standard InChI is InChI=1S/C14H26O/c1-5-14(15)11-7-10-13(4)9-6-8-12(2)3/h8,13H,5-7,9-11H2,1-4H3/t13-/m0/s1. The van der Waals surface area contributed by atoms with Crippen molar-refractivity contribution >= 4 is 5.78 Å². The summed E-state index contributed by atoms with van der Waals surface area (Å²) in [5.41, 5.74) is 1.41. The zero-order chi connectivity index (χ0) is 11.7. The Morgan fingerprint density at radius 2 is 1.93 bits per heavy atom. The molecule has 1 heteroatoms. The minimum atomic E-state index is 0.409. The van der Waals surface area contributed by atoms with Crippen molar-refractivity contribution in [3.05, 3.63) is 11.6 Å². The Bertz CT molecular complexity index is 199. The van der Waals surface area contributed by atoms with E-state index in [4.69, 9.17) is 0 Å². The predicted molar refractivity (Wildman–Crippen MR) is 67.0 cm³/mol. The summed E-state index contributed by atoms with van der Waals surface area (Å²) in [5.74, 6) is 1.16. The summed E-state index contributed by atoms with van der Waals surface area (Å²) in [6.07, 6.45) is 8.49. The fourth-order valence-electron chi connectivity index (χ4n) is 1.63. The SMILES string of the molecule is CCC(=O)CCC[C@@H](C)CCC=C(C)C. The van der Waals surface area contributed by atoms with Gasteiger partial charge in [0.2, 0.25) is 0 Å². The minimum absolute atomic E-state index is 0.409. The molecule has 0 aliphatic carbocycles. The van der Waals surface area contributed by atoms with E-state index < -0.39 is 0 Å².